The minimum atomic E-state index is 0.540. The van der Waals surface area contributed by atoms with Crippen molar-refractivity contribution in [1.29, 1.82) is 5.26 Å². The molecule has 0 unspecified atom stereocenters. The third-order valence-electron chi connectivity index (χ3n) is 14.1. The summed E-state index contributed by atoms with van der Waals surface area (Å²) in [7, 11) is 0. The molecule has 10 aromatic carbocycles. The van der Waals surface area contributed by atoms with Gasteiger partial charge in [-0.05, 0) is 102 Å². The second-order valence-corrected chi connectivity index (χ2v) is 18.4. The number of hydrogen-bond donors (Lipinski definition) is 0. The van der Waals surface area contributed by atoms with Gasteiger partial charge < -0.3 is 9.13 Å². The Morgan fingerprint density at radius 2 is 0.792 bits per heavy atom. The van der Waals surface area contributed by atoms with Crippen LogP contribution in [-0.4, -0.2) is 24.1 Å². The van der Waals surface area contributed by atoms with E-state index in [4.69, 9.17) is 15.0 Å². The van der Waals surface area contributed by atoms with E-state index in [2.05, 4.69) is 187 Å². The van der Waals surface area contributed by atoms with Gasteiger partial charge in [0.1, 0.15) is 0 Å². The number of aromatic nitrogens is 5. The predicted molar refractivity (Wildman–Crippen MR) is 295 cm³/mol. The quantitative estimate of drug-likeness (QED) is 0.152. The van der Waals surface area contributed by atoms with Crippen molar-refractivity contribution in [2.24, 2.45) is 0 Å². The molecule has 6 nitrogen and oxygen atoms in total. The SMILES string of the molecule is Cc1ccccc1-c1ccc2c(c1)c1ccccc1n2-c1cc(C#N)ccc1-c1cccc(-c2nc(-c3ccccc3)nc(-c3ccccc3)n2)c1-n1c2ccccc2c2cc(-c3ccccc3C)ccc21. The van der Waals surface area contributed by atoms with Gasteiger partial charge in [0, 0.05) is 49.4 Å². The Hall–Kier alpha value is -9.70. The first-order chi connectivity index (χ1) is 35.5. The second-order valence-electron chi connectivity index (χ2n) is 18.4. The maximum absolute atomic E-state index is 10.6. The molecule has 0 saturated heterocycles. The smallest absolute Gasteiger partial charge is 0.166 e. The van der Waals surface area contributed by atoms with Crippen LogP contribution < -0.4 is 0 Å². The van der Waals surface area contributed by atoms with E-state index in [0.717, 1.165) is 93.9 Å². The Morgan fingerprint density at radius 3 is 1.36 bits per heavy atom. The van der Waals surface area contributed by atoms with Gasteiger partial charge in [-0.15, -0.1) is 0 Å². The van der Waals surface area contributed by atoms with E-state index in [1.165, 1.54) is 22.3 Å². The molecule has 6 heteroatoms. The lowest BCUT2D eigenvalue weighted by Gasteiger charge is -2.21. The molecule has 13 aromatic rings. The zero-order chi connectivity index (χ0) is 48.3. The maximum Gasteiger partial charge on any atom is 0.166 e. The van der Waals surface area contributed by atoms with E-state index >= 15 is 0 Å². The van der Waals surface area contributed by atoms with Gasteiger partial charge in [0.25, 0.3) is 0 Å². The Balaban J connectivity index is 1.14. The minimum Gasteiger partial charge on any atom is -0.309 e. The Morgan fingerprint density at radius 1 is 0.333 bits per heavy atom. The molecule has 72 heavy (non-hydrogen) atoms. The van der Waals surface area contributed by atoms with Crippen molar-refractivity contribution in [3.05, 3.63) is 247 Å². The normalized spacial score (nSPS) is 11.5. The highest BCUT2D eigenvalue weighted by Gasteiger charge is 2.26. The standard InChI is InChI=1S/C66H44N6/c1-42-18-9-11-24-49(42)47-33-36-60-56(39-47)51-26-13-15-30-58(51)71(60)62-38-44(41-67)32-35-53(62)54-28-17-29-55(66-69-64(45-20-5-3-6-21-45)68-65(70-66)46-22-7-4-8-23-46)63(54)72-59-31-16-14-27-52(59)57-40-48(34-37-61(57)72)50-25-12-10-19-43(50)2/h3-40H,1-2H3. The van der Waals surface area contributed by atoms with Gasteiger partial charge in [0.2, 0.25) is 0 Å². The summed E-state index contributed by atoms with van der Waals surface area (Å²) in [5, 5.41) is 15.2. The number of benzene rings is 10. The fraction of sp³-hybridized carbons (Fsp3) is 0.0303. The zero-order valence-corrected chi connectivity index (χ0v) is 39.6. The molecule has 13 rings (SSSR count). The largest absolute Gasteiger partial charge is 0.309 e. The Bertz CT molecular complexity index is 4250. The number of hydrogen-bond acceptors (Lipinski definition) is 4. The van der Waals surface area contributed by atoms with Crippen molar-refractivity contribution < 1.29 is 0 Å². The third kappa shape index (κ3) is 7.06. The molecule has 0 spiro atoms. The number of nitriles is 1. The molecule has 0 aliphatic rings. The van der Waals surface area contributed by atoms with Gasteiger partial charge in [-0.1, -0.05) is 176 Å². The van der Waals surface area contributed by atoms with Crippen LogP contribution in [0.3, 0.4) is 0 Å². The fourth-order valence-corrected chi connectivity index (χ4v) is 10.7. The Labute approximate surface area is 417 Å². The number of fused-ring (bicyclic) bond motifs is 6. The van der Waals surface area contributed by atoms with E-state index in [-0.39, 0.29) is 0 Å². The molecule has 0 N–H and O–H groups in total. The lowest BCUT2D eigenvalue weighted by Crippen LogP contribution is -2.06. The van der Waals surface area contributed by atoms with Crippen molar-refractivity contribution >= 4 is 43.6 Å². The summed E-state index contributed by atoms with van der Waals surface area (Å²) < 4.78 is 4.73. The fourth-order valence-electron chi connectivity index (χ4n) is 10.7. The molecule has 338 valence electrons. The summed E-state index contributed by atoms with van der Waals surface area (Å²) in [6.07, 6.45) is 0. The number of rotatable bonds is 8. The molecule has 0 atom stereocenters. The van der Waals surface area contributed by atoms with Gasteiger partial charge >= 0.3 is 0 Å². The van der Waals surface area contributed by atoms with Crippen LogP contribution in [0.25, 0.3) is 123 Å². The topological polar surface area (TPSA) is 72.3 Å². The van der Waals surface area contributed by atoms with Gasteiger partial charge in [0.05, 0.1) is 45.1 Å². The van der Waals surface area contributed by atoms with E-state index in [1.807, 2.05) is 72.8 Å². The van der Waals surface area contributed by atoms with E-state index in [1.54, 1.807) is 0 Å². The molecule has 0 saturated carbocycles. The molecule has 0 aliphatic heterocycles. The van der Waals surface area contributed by atoms with Crippen molar-refractivity contribution in [3.8, 4) is 85.0 Å². The summed E-state index contributed by atoms with van der Waals surface area (Å²) in [6.45, 7) is 4.33. The highest BCUT2D eigenvalue weighted by Crippen LogP contribution is 2.45. The van der Waals surface area contributed by atoms with E-state index in [9.17, 15) is 5.26 Å². The molecule has 0 bridgehead atoms. The second kappa shape index (κ2) is 17.4. The summed E-state index contributed by atoms with van der Waals surface area (Å²) >= 11 is 0. The van der Waals surface area contributed by atoms with Gasteiger partial charge in [-0.2, -0.15) is 5.26 Å². The molecule has 0 fully saturated rings. The van der Waals surface area contributed by atoms with Crippen LogP contribution in [0.15, 0.2) is 231 Å². The van der Waals surface area contributed by atoms with Crippen LogP contribution in [0.2, 0.25) is 0 Å². The first-order valence-electron chi connectivity index (χ1n) is 24.2. The van der Waals surface area contributed by atoms with Crippen LogP contribution in [0.4, 0.5) is 0 Å². The van der Waals surface area contributed by atoms with E-state index in [0.29, 0.717) is 23.0 Å². The third-order valence-corrected chi connectivity index (χ3v) is 14.1. The van der Waals surface area contributed by atoms with E-state index < -0.39 is 0 Å². The molecular weight excluding hydrogens is 877 g/mol. The van der Waals surface area contributed by atoms with Crippen molar-refractivity contribution in [1.82, 2.24) is 24.1 Å². The van der Waals surface area contributed by atoms with Crippen molar-refractivity contribution in [2.75, 3.05) is 0 Å². The van der Waals surface area contributed by atoms with Gasteiger partial charge in [0.15, 0.2) is 17.5 Å². The average molecular weight is 921 g/mol. The number of para-hydroxylation sites is 3. The number of nitrogens with zero attached hydrogens (tertiary/aromatic N) is 6. The zero-order valence-electron chi connectivity index (χ0n) is 39.6. The lowest BCUT2D eigenvalue weighted by atomic mass is 9.95. The minimum absolute atomic E-state index is 0.540. The number of aryl methyl sites for hydroxylation is 2. The van der Waals surface area contributed by atoms with Crippen LogP contribution in [0.1, 0.15) is 16.7 Å². The van der Waals surface area contributed by atoms with Gasteiger partial charge in [-0.25, -0.2) is 15.0 Å². The van der Waals surface area contributed by atoms with Crippen LogP contribution >= 0.6 is 0 Å². The molecule has 0 aliphatic carbocycles. The highest BCUT2D eigenvalue weighted by atomic mass is 15.1. The lowest BCUT2D eigenvalue weighted by molar-refractivity contribution is 1.06. The van der Waals surface area contributed by atoms with Crippen molar-refractivity contribution in [3.63, 3.8) is 0 Å². The average Bonchev–Trinajstić information content (AvgIpc) is 3.95. The highest BCUT2D eigenvalue weighted by molar-refractivity contribution is 6.13. The first-order valence-corrected chi connectivity index (χ1v) is 24.2. The summed E-state index contributed by atoms with van der Waals surface area (Å²) in [4.78, 5) is 15.8. The monoisotopic (exact) mass is 920 g/mol. The van der Waals surface area contributed by atoms with Crippen LogP contribution in [0, 0.1) is 25.2 Å². The van der Waals surface area contributed by atoms with Gasteiger partial charge in [-0.3, -0.25) is 0 Å². The molecule has 3 heterocycles. The summed E-state index contributed by atoms with van der Waals surface area (Å²) in [6, 6.07) is 83.2. The molecule has 0 radical (unpaired) electrons. The summed E-state index contributed by atoms with van der Waals surface area (Å²) in [5.74, 6) is 1.70. The first kappa shape index (κ1) is 42.4. The maximum atomic E-state index is 10.6. The van der Waals surface area contributed by atoms with Crippen LogP contribution in [0.5, 0.6) is 0 Å². The molecular formula is C66H44N6. The van der Waals surface area contributed by atoms with Crippen molar-refractivity contribution in [2.45, 2.75) is 13.8 Å². The Kier molecular flexibility index (Phi) is 10.2. The molecule has 3 aromatic heterocycles. The predicted octanol–water partition coefficient (Wildman–Crippen LogP) is 16.6. The summed E-state index contributed by atoms with van der Waals surface area (Å²) in [5.41, 5.74) is 18.2. The van der Waals surface area contributed by atoms with Crippen LogP contribution in [-0.2, 0) is 0 Å². The molecule has 0 amide bonds.